The molecule has 1 unspecified atom stereocenters. The smallest absolute Gasteiger partial charge is 0.379 e. The van der Waals surface area contributed by atoms with E-state index in [1.165, 1.54) is 0 Å². The molecule has 1 aromatic rings. The summed E-state index contributed by atoms with van der Waals surface area (Å²) in [4.78, 5) is 3.10. The van der Waals surface area contributed by atoms with E-state index in [1.54, 1.807) is 0 Å². The van der Waals surface area contributed by atoms with Crippen LogP contribution >= 0.6 is 23.2 Å². The van der Waals surface area contributed by atoms with Gasteiger partial charge in [0.2, 0.25) is 0 Å². The zero-order valence-corrected chi connectivity index (χ0v) is 8.33. The maximum atomic E-state index is 12.8. The Kier molecular flexibility index (Phi) is 3.42. The lowest BCUT2D eigenvalue weighted by molar-refractivity contribution is -0.206. The van der Waals surface area contributed by atoms with Crippen LogP contribution in [0, 0.1) is 5.82 Å². The molecule has 15 heavy (non-hydrogen) atoms. The molecule has 0 radical (unpaired) electrons. The number of pyridine rings is 1. The Morgan fingerprint density at radius 1 is 1.27 bits per heavy atom. The minimum atomic E-state index is -4.94. The van der Waals surface area contributed by atoms with Crippen LogP contribution in [0.2, 0.25) is 10.3 Å². The summed E-state index contributed by atoms with van der Waals surface area (Å²) in [5.74, 6) is -1.18. The molecule has 0 saturated carbocycles. The maximum Gasteiger partial charge on any atom is 0.418 e. The first-order chi connectivity index (χ1) is 6.73. The van der Waals surface area contributed by atoms with Crippen molar-refractivity contribution in [2.45, 2.75) is 12.3 Å². The molecule has 1 rings (SSSR count). The van der Waals surface area contributed by atoms with Crippen LogP contribution in [0.1, 0.15) is 11.7 Å². The standard InChI is InChI=1S/C7H3Cl2F4NO/c8-5-2(4(15)7(11,12)13)1-3(10)6(9)14-5/h1,4,15H. The summed E-state index contributed by atoms with van der Waals surface area (Å²) in [7, 11) is 0. The number of aromatic nitrogens is 1. The fourth-order valence-corrected chi connectivity index (χ4v) is 1.25. The molecule has 1 heterocycles. The molecule has 0 aliphatic rings. The van der Waals surface area contributed by atoms with Crippen molar-refractivity contribution in [2.24, 2.45) is 0 Å². The number of nitrogens with zero attached hydrogens (tertiary/aromatic N) is 1. The molecule has 0 amide bonds. The van der Waals surface area contributed by atoms with Gasteiger partial charge in [0.1, 0.15) is 5.15 Å². The summed E-state index contributed by atoms with van der Waals surface area (Å²) in [5.41, 5.74) is -0.869. The van der Waals surface area contributed by atoms with E-state index in [2.05, 4.69) is 4.98 Å². The van der Waals surface area contributed by atoms with Crippen molar-refractivity contribution in [1.82, 2.24) is 4.98 Å². The van der Waals surface area contributed by atoms with Gasteiger partial charge < -0.3 is 5.11 Å². The predicted molar refractivity (Wildman–Crippen MR) is 45.2 cm³/mol. The van der Waals surface area contributed by atoms with Gasteiger partial charge in [0.15, 0.2) is 17.1 Å². The fraction of sp³-hybridized carbons (Fsp3) is 0.286. The van der Waals surface area contributed by atoms with Gasteiger partial charge in [-0.1, -0.05) is 23.2 Å². The lowest BCUT2D eigenvalue weighted by Gasteiger charge is -2.15. The molecule has 8 heteroatoms. The maximum absolute atomic E-state index is 12.8. The van der Waals surface area contributed by atoms with E-state index in [-0.39, 0.29) is 0 Å². The summed E-state index contributed by atoms with van der Waals surface area (Å²) >= 11 is 10.5. The largest absolute Gasteiger partial charge is 0.418 e. The Morgan fingerprint density at radius 2 is 1.80 bits per heavy atom. The van der Waals surface area contributed by atoms with E-state index >= 15 is 0 Å². The highest BCUT2D eigenvalue weighted by atomic mass is 35.5. The molecule has 84 valence electrons. The van der Waals surface area contributed by atoms with Gasteiger partial charge in [0, 0.05) is 5.56 Å². The van der Waals surface area contributed by atoms with Gasteiger partial charge in [0.25, 0.3) is 0 Å². The van der Waals surface area contributed by atoms with Gasteiger partial charge in [-0.15, -0.1) is 0 Å². The molecule has 1 atom stereocenters. The van der Waals surface area contributed by atoms with Crippen LogP contribution in [0.25, 0.3) is 0 Å². The van der Waals surface area contributed by atoms with Gasteiger partial charge in [-0.3, -0.25) is 0 Å². The van der Waals surface area contributed by atoms with Crippen molar-refractivity contribution in [3.8, 4) is 0 Å². The molecular formula is C7H3Cl2F4NO. The van der Waals surface area contributed by atoms with Crippen LogP contribution in [0.3, 0.4) is 0 Å². The fourth-order valence-electron chi connectivity index (χ4n) is 0.828. The number of alkyl halides is 3. The molecule has 0 spiro atoms. The second kappa shape index (κ2) is 4.11. The monoisotopic (exact) mass is 263 g/mol. The van der Waals surface area contributed by atoms with Gasteiger partial charge in [-0.05, 0) is 6.07 Å². The van der Waals surface area contributed by atoms with Crippen molar-refractivity contribution < 1.29 is 22.7 Å². The van der Waals surface area contributed by atoms with Crippen molar-refractivity contribution in [3.63, 3.8) is 0 Å². The van der Waals surface area contributed by atoms with Gasteiger partial charge in [-0.2, -0.15) is 13.2 Å². The van der Waals surface area contributed by atoms with Gasteiger partial charge in [0.05, 0.1) is 0 Å². The average Bonchev–Trinajstić information content (AvgIpc) is 2.08. The zero-order chi connectivity index (χ0) is 11.8. The third kappa shape index (κ3) is 2.70. The minimum Gasteiger partial charge on any atom is -0.379 e. The van der Waals surface area contributed by atoms with E-state index in [9.17, 15) is 17.6 Å². The van der Waals surface area contributed by atoms with Crippen molar-refractivity contribution in [1.29, 1.82) is 0 Å². The van der Waals surface area contributed by atoms with Crippen molar-refractivity contribution >= 4 is 23.2 Å². The Hall–Kier alpha value is -0.590. The molecule has 0 fully saturated rings. The number of halogens is 6. The number of hydrogen-bond acceptors (Lipinski definition) is 2. The second-order valence-electron chi connectivity index (χ2n) is 2.59. The summed E-state index contributed by atoms with van der Waals surface area (Å²) in [5, 5.41) is 7.45. The molecule has 0 aliphatic carbocycles. The Balaban J connectivity index is 3.21. The summed E-state index contributed by atoms with van der Waals surface area (Å²) < 4.78 is 48.9. The SMILES string of the molecule is OC(c1cc(F)c(Cl)nc1Cl)C(F)(F)F. The molecule has 2 nitrogen and oxygen atoms in total. The molecule has 0 aromatic carbocycles. The third-order valence-corrected chi connectivity index (χ3v) is 2.09. The second-order valence-corrected chi connectivity index (χ2v) is 3.30. The number of aliphatic hydroxyl groups is 1. The lowest BCUT2D eigenvalue weighted by Crippen LogP contribution is -2.21. The highest BCUT2D eigenvalue weighted by Crippen LogP contribution is 2.36. The third-order valence-electron chi connectivity index (χ3n) is 1.52. The average molecular weight is 264 g/mol. The summed E-state index contributed by atoms with van der Waals surface area (Å²) in [6.07, 6.45) is -7.82. The number of aliphatic hydroxyl groups excluding tert-OH is 1. The molecule has 0 saturated heterocycles. The molecule has 0 bridgehead atoms. The highest BCUT2D eigenvalue weighted by molar-refractivity contribution is 6.33. The quantitative estimate of drug-likeness (QED) is 0.624. The van der Waals surface area contributed by atoms with E-state index in [1.807, 2.05) is 0 Å². The van der Waals surface area contributed by atoms with Crippen molar-refractivity contribution in [3.05, 3.63) is 27.8 Å². The van der Waals surface area contributed by atoms with E-state index < -0.39 is 34.0 Å². The molecule has 1 aromatic heterocycles. The summed E-state index contributed by atoms with van der Waals surface area (Å²) in [6.45, 7) is 0. The zero-order valence-electron chi connectivity index (χ0n) is 6.82. The molecule has 0 aliphatic heterocycles. The Bertz CT molecular complexity index is 382. The van der Waals surface area contributed by atoms with Crippen LogP contribution < -0.4 is 0 Å². The van der Waals surface area contributed by atoms with Crippen LogP contribution in [-0.2, 0) is 0 Å². The first kappa shape index (κ1) is 12.5. The van der Waals surface area contributed by atoms with Crippen LogP contribution in [-0.4, -0.2) is 16.3 Å². The van der Waals surface area contributed by atoms with Crippen molar-refractivity contribution in [2.75, 3.05) is 0 Å². The molecule has 1 N–H and O–H groups in total. The van der Waals surface area contributed by atoms with E-state index in [0.29, 0.717) is 6.07 Å². The topological polar surface area (TPSA) is 33.1 Å². The molecular weight excluding hydrogens is 261 g/mol. The number of rotatable bonds is 1. The minimum absolute atomic E-state index is 0.399. The number of hydrogen-bond donors (Lipinski definition) is 1. The normalized spacial score (nSPS) is 14.1. The van der Waals surface area contributed by atoms with Gasteiger partial charge >= 0.3 is 6.18 Å². The van der Waals surface area contributed by atoms with E-state index in [4.69, 9.17) is 28.3 Å². The van der Waals surface area contributed by atoms with Crippen LogP contribution in [0.4, 0.5) is 17.6 Å². The summed E-state index contributed by atoms with van der Waals surface area (Å²) in [6, 6.07) is 0.399. The van der Waals surface area contributed by atoms with Gasteiger partial charge in [-0.25, -0.2) is 9.37 Å². The first-order valence-corrected chi connectivity index (χ1v) is 4.25. The highest BCUT2D eigenvalue weighted by Gasteiger charge is 2.41. The predicted octanol–water partition coefficient (Wildman–Crippen LogP) is 3.12. The van der Waals surface area contributed by atoms with Crippen LogP contribution in [0.15, 0.2) is 6.07 Å². The Morgan fingerprint density at radius 3 is 2.27 bits per heavy atom. The lowest BCUT2D eigenvalue weighted by atomic mass is 10.1. The van der Waals surface area contributed by atoms with E-state index in [0.717, 1.165) is 0 Å². The Labute approximate surface area is 91.4 Å². The first-order valence-electron chi connectivity index (χ1n) is 3.49. The van der Waals surface area contributed by atoms with Crippen LogP contribution in [0.5, 0.6) is 0 Å².